The summed E-state index contributed by atoms with van der Waals surface area (Å²) in [5.74, 6) is 0.568. The number of rotatable bonds is 8. The number of halogens is 3. The van der Waals surface area contributed by atoms with Gasteiger partial charge in [-0.25, -0.2) is 0 Å². The van der Waals surface area contributed by atoms with Crippen LogP contribution >= 0.6 is 11.8 Å². The van der Waals surface area contributed by atoms with Crippen molar-refractivity contribution in [1.82, 2.24) is 24.9 Å². The van der Waals surface area contributed by atoms with Crippen molar-refractivity contribution >= 4 is 17.7 Å². The molecule has 0 bridgehead atoms. The van der Waals surface area contributed by atoms with E-state index in [1.54, 1.807) is 4.90 Å². The van der Waals surface area contributed by atoms with Crippen LogP contribution in [0.3, 0.4) is 0 Å². The lowest BCUT2D eigenvalue weighted by molar-refractivity contribution is -0.139. The summed E-state index contributed by atoms with van der Waals surface area (Å²) in [6.07, 6.45) is -0.215. The average Bonchev–Trinajstić information content (AvgIpc) is 3.57. The van der Waals surface area contributed by atoms with Crippen molar-refractivity contribution in [2.24, 2.45) is 5.92 Å². The van der Waals surface area contributed by atoms with E-state index in [0.717, 1.165) is 86.7 Å². The van der Waals surface area contributed by atoms with Gasteiger partial charge in [0.2, 0.25) is 5.91 Å². The summed E-state index contributed by atoms with van der Waals surface area (Å²) >= 11 is 0.945. The highest BCUT2D eigenvalue weighted by Crippen LogP contribution is 2.40. The standard InChI is InChI=1S/C28H38F3N5O2S/c1-19-7-12-34(13-8-19)16-21(37)17-36-24-6-9-32-15-22(24)27(33-36)20-4-5-23(28(29,30)31)25(14-20)39-18-26(38)35-10-2-3-11-35/h4-5,14,19,21,32,37H,2-3,6-13,15-18H2,1H3. The molecule has 4 heterocycles. The van der Waals surface area contributed by atoms with Gasteiger partial charge in [-0.2, -0.15) is 18.3 Å². The van der Waals surface area contributed by atoms with Gasteiger partial charge in [-0.05, 0) is 56.8 Å². The molecule has 5 rings (SSSR count). The fourth-order valence-corrected chi connectivity index (χ4v) is 6.83. The number of nitrogens with one attached hydrogen (secondary N) is 1. The third kappa shape index (κ3) is 6.81. The number of carbonyl (C=O) groups excluding carboxylic acids is 1. The number of thioether (sulfide) groups is 1. The van der Waals surface area contributed by atoms with E-state index in [9.17, 15) is 23.1 Å². The van der Waals surface area contributed by atoms with Gasteiger partial charge < -0.3 is 20.2 Å². The summed E-state index contributed by atoms with van der Waals surface area (Å²) in [5, 5.41) is 19.1. The molecule has 2 N–H and O–H groups in total. The molecule has 2 fully saturated rings. The van der Waals surface area contributed by atoms with Crippen molar-refractivity contribution in [1.29, 1.82) is 0 Å². The number of aromatic nitrogens is 2. The molecule has 0 radical (unpaired) electrons. The Hall–Kier alpha value is -2.08. The Labute approximate surface area is 232 Å². The summed E-state index contributed by atoms with van der Waals surface area (Å²) in [6, 6.07) is 4.10. The van der Waals surface area contributed by atoms with Crippen molar-refractivity contribution < 1.29 is 23.1 Å². The number of hydrogen-bond donors (Lipinski definition) is 2. The first-order valence-electron chi connectivity index (χ1n) is 14.0. The van der Waals surface area contributed by atoms with Crippen molar-refractivity contribution in [3.05, 3.63) is 35.0 Å². The number of hydrogen-bond acceptors (Lipinski definition) is 6. The second kappa shape index (κ2) is 12.2. The zero-order valence-electron chi connectivity index (χ0n) is 22.5. The first-order chi connectivity index (χ1) is 18.7. The van der Waals surface area contributed by atoms with E-state index in [2.05, 4.69) is 17.1 Å². The van der Waals surface area contributed by atoms with Crippen LogP contribution in [0.25, 0.3) is 11.3 Å². The second-order valence-electron chi connectivity index (χ2n) is 11.1. The van der Waals surface area contributed by atoms with E-state index in [0.29, 0.717) is 44.0 Å². The molecule has 3 aliphatic heterocycles. The Morgan fingerprint density at radius 2 is 1.92 bits per heavy atom. The molecule has 3 aliphatic rings. The maximum absolute atomic E-state index is 13.9. The average molecular weight is 566 g/mol. The van der Waals surface area contributed by atoms with Crippen LogP contribution in [0, 0.1) is 5.92 Å². The minimum Gasteiger partial charge on any atom is -0.390 e. The number of benzene rings is 1. The molecule has 0 aliphatic carbocycles. The molecular formula is C28H38F3N5O2S. The molecule has 1 aromatic heterocycles. The van der Waals surface area contributed by atoms with E-state index in [4.69, 9.17) is 5.10 Å². The zero-order valence-corrected chi connectivity index (χ0v) is 23.3. The van der Waals surface area contributed by atoms with Crippen LogP contribution in [0.4, 0.5) is 13.2 Å². The summed E-state index contributed by atoms with van der Waals surface area (Å²) in [6.45, 7) is 7.86. The maximum Gasteiger partial charge on any atom is 0.417 e. The first kappa shape index (κ1) is 28.4. The van der Waals surface area contributed by atoms with Crippen molar-refractivity contribution in [3.8, 4) is 11.3 Å². The van der Waals surface area contributed by atoms with Gasteiger partial charge >= 0.3 is 6.18 Å². The number of aliphatic hydroxyl groups excluding tert-OH is 1. The highest BCUT2D eigenvalue weighted by Gasteiger charge is 2.35. The van der Waals surface area contributed by atoms with E-state index in [-0.39, 0.29) is 16.6 Å². The van der Waals surface area contributed by atoms with Crippen LogP contribution in [0.5, 0.6) is 0 Å². The molecule has 0 spiro atoms. The largest absolute Gasteiger partial charge is 0.417 e. The van der Waals surface area contributed by atoms with Crippen LogP contribution in [0.1, 0.15) is 49.4 Å². The number of aliphatic hydroxyl groups is 1. The molecule has 1 atom stereocenters. The highest BCUT2D eigenvalue weighted by atomic mass is 32.2. The van der Waals surface area contributed by atoms with Gasteiger partial charge in [0.1, 0.15) is 0 Å². The quantitative estimate of drug-likeness (QED) is 0.471. The zero-order chi connectivity index (χ0) is 27.6. The lowest BCUT2D eigenvalue weighted by Crippen LogP contribution is -2.40. The summed E-state index contributed by atoms with van der Waals surface area (Å²) in [7, 11) is 0. The van der Waals surface area contributed by atoms with Gasteiger partial charge in [0.05, 0.1) is 29.7 Å². The molecule has 214 valence electrons. The van der Waals surface area contributed by atoms with Gasteiger partial charge in [0, 0.05) is 60.9 Å². The van der Waals surface area contributed by atoms with Gasteiger partial charge in [0.25, 0.3) is 0 Å². The van der Waals surface area contributed by atoms with E-state index < -0.39 is 17.8 Å². The van der Waals surface area contributed by atoms with E-state index in [1.807, 2.05) is 4.68 Å². The lowest BCUT2D eigenvalue weighted by Gasteiger charge is -2.31. The summed E-state index contributed by atoms with van der Waals surface area (Å²) in [5.41, 5.74) is 2.48. The van der Waals surface area contributed by atoms with Crippen molar-refractivity contribution in [3.63, 3.8) is 0 Å². The van der Waals surface area contributed by atoms with Gasteiger partial charge in [-0.1, -0.05) is 13.0 Å². The summed E-state index contributed by atoms with van der Waals surface area (Å²) < 4.78 is 43.5. The number of piperidine rings is 1. The maximum atomic E-state index is 13.9. The number of amides is 1. The molecule has 7 nitrogen and oxygen atoms in total. The summed E-state index contributed by atoms with van der Waals surface area (Å²) in [4.78, 5) is 16.6. The minimum absolute atomic E-state index is 0.0257. The Kier molecular flexibility index (Phi) is 8.90. The number of β-amino-alcohol motifs (C(OH)–C–C–N with tert-alkyl or cyclic N) is 1. The molecule has 39 heavy (non-hydrogen) atoms. The normalized spacial score (nSPS) is 19.9. The SMILES string of the molecule is CC1CCN(CC(O)Cn2nc(-c3ccc(C(F)(F)F)c(SCC(=O)N4CCCC4)c3)c3c2CCNC3)CC1. The van der Waals surface area contributed by atoms with Gasteiger partial charge in [0.15, 0.2) is 0 Å². The number of carbonyl (C=O) groups is 1. The smallest absolute Gasteiger partial charge is 0.390 e. The third-order valence-electron chi connectivity index (χ3n) is 8.11. The van der Waals surface area contributed by atoms with E-state index in [1.165, 1.54) is 12.1 Å². The fourth-order valence-electron chi connectivity index (χ4n) is 5.82. The van der Waals surface area contributed by atoms with Crippen molar-refractivity contribution in [2.75, 3.05) is 45.0 Å². The topological polar surface area (TPSA) is 73.6 Å². The predicted octanol–water partition coefficient (Wildman–Crippen LogP) is 4.02. The minimum atomic E-state index is -4.52. The molecule has 2 aromatic rings. The second-order valence-corrected chi connectivity index (χ2v) is 12.1. The van der Waals surface area contributed by atoms with Crippen LogP contribution in [-0.2, 0) is 30.5 Å². The van der Waals surface area contributed by atoms with E-state index >= 15 is 0 Å². The Morgan fingerprint density at radius 1 is 1.18 bits per heavy atom. The fraction of sp³-hybridized carbons (Fsp3) is 0.643. The molecule has 1 amide bonds. The molecule has 2 saturated heterocycles. The Bertz CT molecular complexity index is 1160. The highest BCUT2D eigenvalue weighted by molar-refractivity contribution is 8.00. The van der Waals surface area contributed by atoms with Gasteiger partial charge in [-0.15, -0.1) is 11.8 Å². The molecule has 11 heteroatoms. The number of likely N-dealkylation sites (tertiary alicyclic amines) is 2. The molecule has 1 aromatic carbocycles. The molecule has 0 saturated carbocycles. The molecule has 1 unspecified atom stereocenters. The monoisotopic (exact) mass is 565 g/mol. The lowest BCUT2D eigenvalue weighted by atomic mass is 9.99. The molecular weight excluding hydrogens is 527 g/mol. The predicted molar refractivity (Wildman–Crippen MR) is 145 cm³/mol. The Balaban J connectivity index is 1.38. The first-order valence-corrected chi connectivity index (χ1v) is 15.0. The van der Waals surface area contributed by atoms with Crippen LogP contribution in [0.2, 0.25) is 0 Å². The van der Waals surface area contributed by atoms with Gasteiger partial charge in [-0.3, -0.25) is 9.48 Å². The number of fused-ring (bicyclic) bond motifs is 1. The van der Waals surface area contributed by atoms with Crippen LogP contribution in [0.15, 0.2) is 23.1 Å². The van der Waals surface area contributed by atoms with Crippen LogP contribution < -0.4 is 5.32 Å². The Morgan fingerprint density at radius 3 is 2.64 bits per heavy atom. The third-order valence-corrected chi connectivity index (χ3v) is 9.15. The van der Waals surface area contributed by atoms with Crippen molar-refractivity contribution in [2.45, 2.75) is 69.3 Å². The number of nitrogens with zero attached hydrogens (tertiary/aromatic N) is 4. The number of alkyl halides is 3. The van der Waals surface area contributed by atoms with Crippen LogP contribution in [-0.4, -0.2) is 81.7 Å².